The van der Waals surface area contributed by atoms with E-state index in [1.165, 1.54) is 51.5 Å². The summed E-state index contributed by atoms with van der Waals surface area (Å²) < 4.78 is 2.51. The van der Waals surface area contributed by atoms with E-state index in [0.29, 0.717) is 18.3 Å². The van der Waals surface area contributed by atoms with Crippen molar-refractivity contribution in [3.63, 3.8) is 0 Å². The Bertz CT molecular complexity index is 2190. The summed E-state index contributed by atoms with van der Waals surface area (Å²) in [5.74, 6) is 6.56. The van der Waals surface area contributed by atoms with Crippen LogP contribution in [0.5, 0.6) is 0 Å². The quantitative estimate of drug-likeness (QED) is 0.0148. The number of hydrogen-bond acceptors (Lipinski definition) is 9. The van der Waals surface area contributed by atoms with Gasteiger partial charge in [0.25, 0.3) is 0 Å². The van der Waals surface area contributed by atoms with Gasteiger partial charge >= 0.3 is 0 Å². The van der Waals surface area contributed by atoms with Crippen LogP contribution in [-0.2, 0) is 17.8 Å². The zero-order valence-corrected chi connectivity index (χ0v) is 46.8. The number of rotatable bonds is 27. The summed E-state index contributed by atoms with van der Waals surface area (Å²) in [5.41, 5.74) is 19.5. The molecule has 3 aromatic rings. The molecule has 4 atom stereocenters. The van der Waals surface area contributed by atoms with Gasteiger partial charge in [0, 0.05) is 105 Å². The summed E-state index contributed by atoms with van der Waals surface area (Å²) in [6.07, 6.45) is 20.8. The molecule has 5 rings (SSSR count). The minimum absolute atomic E-state index is 0.0529. The van der Waals surface area contributed by atoms with Gasteiger partial charge in [0.15, 0.2) is 0 Å². The molecule has 2 aromatic heterocycles. The van der Waals surface area contributed by atoms with E-state index < -0.39 is 0 Å². The van der Waals surface area contributed by atoms with Gasteiger partial charge in [-0.3, -0.25) is 21.2 Å². The van der Waals surface area contributed by atoms with Crippen LogP contribution in [0.25, 0.3) is 27.7 Å². The number of benzene rings is 1. The Balaban J connectivity index is 0.00000117. The molecule has 2 aliphatic heterocycles. The summed E-state index contributed by atoms with van der Waals surface area (Å²) in [6.45, 7) is 49.4. The van der Waals surface area contributed by atoms with Gasteiger partial charge in [-0.05, 0) is 136 Å². The molecule has 394 valence electrons. The maximum atomic E-state index is 11.6. The van der Waals surface area contributed by atoms with E-state index in [-0.39, 0.29) is 23.4 Å². The van der Waals surface area contributed by atoms with Crippen molar-refractivity contribution in [3.05, 3.63) is 134 Å². The van der Waals surface area contributed by atoms with Crippen molar-refractivity contribution in [2.75, 3.05) is 53.4 Å². The molecule has 0 bridgehead atoms. The largest absolute Gasteiger partial charge is 0.384 e. The Morgan fingerprint density at radius 2 is 1.70 bits per heavy atom. The third kappa shape index (κ3) is 17.9. The number of likely N-dealkylation sites (N-methyl/N-ethyl adjacent to an activating group) is 1. The van der Waals surface area contributed by atoms with Gasteiger partial charge in [0.2, 0.25) is 0 Å². The number of nitrogens with zero attached hydrogens (tertiary/aromatic N) is 5. The maximum Gasteiger partial charge on any atom is 0.120 e. The Kier molecular flexibility index (Phi) is 28.1. The predicted molar refractivity (Wildman–Crippen MR) is 310 cm³/mol. The topological polar surface area (TPSA) is 121 Å². The summed E-state index contributed by atoms with van der Waals surface area (Å²) in [7, 11) is 3.58. The lowest BCUT2D eigenvalue weighted by Crippen LogP contribution is -2.46. The zero-order chi connectivity index (χ0) is 53.3. The van der Waals surface area contributed by atoms with Crippen molar-refractivity contribution in [3.8, 4) is 11.3 Å². The van der Waals surface area contributed by atoms with Crippen molar-refractivity contribution in [2.45, 2.75) is 145 Å². The molecule has 4 unspecified atom stereocenters. The highest BCUT2D eigenvalue weighted by Crippen LogP contribution is 2.42. The third-order valence-corrected chi connectivity index (χ3v) is 14.1. The summed E-state index contributed by atoms with van der Waals surface area (Å²) in [6, 6.07) is 11.8. The maximum absolute atomic E-state index is 11.6. The fourth-order valence-electron chi connectivity index (χ4n) is 10.1. The number of unbranched alkanes of at least 4 members (excludes halogenated alkanes) is 1. The number of hydrazine groups is 1. The highest BCUT2D eigenvalue weighted by atomic mass is 16.1. The van der Waals surface area contributed by atoms with Crippen molar-refractivity contribution in [1.82, 2.24) is 35.0 Å². The van der Waals surface area contributed by atoms with Crippen LogP contribution in [0.2, 0.25) is 0 Å². The van der Waals surface area contributed by atoms with Crippen LogP contribution in [0.15, 0.2) is 117 Å². The molecule has 0 aliphatic carbocycles. The first kappa shape index (κ1) is 62.1. The first-order valence-electron chi connectivity index (χ1n) is 26.7. The normalized spacial score (nSPS) is 15.1. The smallest absolute Gasteiger partial charge is 0.120 e. The van der Waals surface area contributed by atoms with Crippen LogP contribution in [0.4, 0.5) is 0 Å². The second kappa shape index (κ2) is 32.2. The number of aromatic nitrogens is 2. The van der Waals surface area contributed by atoms with Crippen molar-refractivity contribution < 1.29 is 4.79 Å². The Labute approximate surface area is 433 Å². The summed E-state index contributed by atoms with van der Waals surface area (Å²) in [4.78, 5) is 23.5. The van der Waals surface area contributed by atoms with Crippen LogP contribution in [0.1, 0.15) is 137 Å². The number of allylic oxidation sites excluding steroid dienone is 1. The van der Waals surface area contributed by atoms with Crippen LogP contribution < -0.4 is 22.3 Å². The molecule has 0 radical (unpaired) electrons. The number of fused-ring (bicyclic) bond motifs is 1. The van der Waals surface area contributed by atoms with Crippen LogP contribution >= 0.6 is 0 Å². The third-order valence-electron chi connectivity index (χ3n) is 14.1. The number of hydrogen-bond donors (Lipinski definition) is 4. The average Bonchev–Trinajstić information content (AvgIpc) is 4.03. The van der Waals surface area contributed by atoms with E-state index in [9.17, 15) is 4.79 Å². The second-order valence-electron chi connectivity index (χ2n) is 20.1. The fourth-order valence-corrected chi connectivity index (χ4v) is 10.1. The van der Waals surface area contributed by atoms with Gasteiger partial charge < -0.3 is 30.2 Å². The number of pyridine rings is 1. The Morgan fingerprint density at radius 1 is 1.01 bits per heavy atom. The Morgan fingerprint density at radius 3 is 2.30 bits per heavy atom. The Hall–Kier alpha value is -5.00. The summed E-state index contributed by atoms with van der Waals surface area (Å²) >= 11 is 0. The van der Waals surface area contributed by atoms with Gasteiger partial charge in [-0.25, -0.2) is 0 Å². The molecule has 6 N–H and O–H groups in total. The predicted octanol–water partition coefficient (Wildman–Crippen LogP) is 12.4. The molecular weight excluding hydrogens is 875 g/mol. The summed E-state index contributed by atoms with van der Waals surface area (Å²) in [5, 5.41) is 5.16. The van der Waals surface area contributed by atoms with Crippen molar-refractivity contribution >= 4 is 22.8 Å². The molecular formula is C61H99N9O. The molecule has 1 aromatic carbocycles. The highest BCUT2D eigenvalue weighted by molar-refractivity contribution is 5.94. The van der Waals surface area contributed by atoms with Crippen LogP contribution in [-0.4, -0.2) is 96.0 Å². The molecule has 71 heavy (non-hydrogen) atoms. The second-order valence-corrected chi connectivity index (χ2v) is 20.1. The molecule has 0 saturated heterocycles. The van der Waals surface area contributed by atoms with Gasteiger partial charge in [0.05, 0.1) is 17.4 Å². The number of carbonyl (C=O) groups excluding carboxylic acids is 1. The molecule has 4 heterocycles. The molecule has 0 spiro atoms. The zero-order valence-electron chi connectivity index (χ0n) is 46.8. The standard InChI is InChI=1S/C50H77N7O.C8H11N.C2H6.CH5N/c1-13-36(6)47-42(23-18-27-52-47)49-44(32-50(10,11)26-20-30-58)43-31-40(24-25-46(43)57(49)15-3)41-22-19-29-56(33-41)34-45(37(7)21-16-17-28-53-51)38(8)54-39(9)48(35(4)5)55(12)14-2;1-3-8(2)9-6-4-5-7-9;2*1-2/h14,18,22-25,27,30-31,35-36,38,45,48,53-54H,2,7,9,13,15-17,19-21,26,28-29,32-34,51H2,1,3-6,8,10-12H3;3-5H,1-2,6-7H2;1-2H3;2H2,1H3. The molecule has 0 saturated carbocycles. The lowest BCUT2D eigenvalue weighted by Gasteiger charge is -2.38. The highest BCUT2D eigenvalue weighted by Gasteiger charge is 2.30. The number of nitrogens with one attached hydrogen (secondary N) is 2. The van der Waals surface area contributed by atoms with Crippen LogP contribution in [0, 0.1) is 17.3 Å². The molecule has 10 heteroatoms. The van der Waals surface area contributed by atoms with Crippen molar-refractivity contribution in [2.24, 2.45) is 28.8 Å². The molecule has 2 aliphatic rings. The van der Waals surface area contributed by atoms with E-state index in [2.05, 4.69) is 173 Å². The molecule has 10 nitrogen and oxygen atoms in total. The number of aryl methyl sites for hydroxylation is 1. The number of carbonyl (C=O) groups is 1. The number of nitrogens with two attached hydrogens (primary N) is 2. The lowest BCUT2D eigenvalue weighted by molar-refractivity contribution is -0.108. The van der Waals surface area contributed by atoms with E-state index in [1.807, 2.05) is 26.2 Å². The lowest BCUT2D eigenvalue weighted by atomic mass is 9.80. The minimum atomic E-state index is -0.0529. The average molecular weight is 975 g/mol. The van der Waals surface area contributed by atoms with E-state index in [0.717, 1.165) is 114 Å². The van der Waals surface area contributed by atoms with E-state index in [4.69, 9.17) is 17.4 Å². The van der Waals surface area contributed by atoms with Crippen LogP contribution in [0.3, 0.4) is 0 Å². The SMILES string of the molecule is C=CC(=C)N1CC=CC1.C=CN(C)C(C(=C)NC(C)C(CN1CCC=C(c2ccc3c(c2)c(CC(C)(C)CCC=O)c(-c2cccnc2C(C)CC)n3CC)C1)C(=C)CCCCNN)C(C)C.CC.CN. The first-order chi connectivity index (χ1) is 34.1. The van der Waals surface area contributed by atoms with Gasteiger partial charge in [0.1, 0.15) is 6.29 Å². The first-order valence-corrected chi connectivity index (χ1v) is 26.7. The molecule has 0 fully saturated rings. The van der Waals surface area contributed by atoms with E-state index >= 15 is 0 Å². The number of aldehydes is 1. The van der Waals surface area contributed by atoms with E-state index in [1.54, 1.807) is 6.08 Å². The van der Waals surface area contributed by atoms with Crippen molar-refractivity contribution in [1.29, 1.82) is 0 Å². The van der Waals surface area contributed by atoms with Gasteiger partial charge in [-0.2, -0.15) is 0 Å². The van der Waals surface area contributed by atoms with Gasteiger partial charge in [-0.1, -0.05) is 118 Å². The minimum Gasteiger partial charge on any atom is -0.384 e. The molecule has 0 amide bonds. The van der Waals surface area contributed by atoms with Gasteiger partial charge in [-0.15, -0.1) is 0 Å². The fraction of sp³-hybridized carbons (Fsp3) is 0.541. The monoisotopic (exact) mass is 974 g/mol.